The van der Waals surface area contributed by atoms with Crippen LogP contribution >= 0.6 is 0 Å². The van der Waals surface area contributed by atoms with Crippen LogP contribution in [-0.2, 0) is 19.1 Å². The molecule has 2 aromatic carbocycles. The van der Waals surface area contributed by atoms with E-state index in [-0.39, 0.29) is 33.8 Å². The van der Waals surface area contributed by atoms with Crippen molar-refractivity contribution in [2.24, 2.45) is 0 Å². The number of esters is 1. The van der Waals surface area contributed by atoms with E-state index in [1.807, 2.05) is 0 Å². The maximum Gasteiger partial charge on any atom is 0.317 e. The number of methoxy groups -OCH3 is 1. The van der Waals surface area contributed by atoms with Crippen molar-refractivity contribution in [2.75, 3.05) is 13.7 Å². The molecule has 5 atom stereocenters. The molecule has 3 aromatic rings. The summed E-state index contributed by atoms with van der Waals surface area (Å²) in [5, 5.41) is 49.2. The van der Waals surface area contributed by atoms with Crippen LogP contribution in [0.5, 0.6) is 17.2 Å². The number of carbonyl (C=O) groups is 2. The van der Waals surface area contributed by atoms with Crippen molar-refractivity contribution in [2.45, 2.75) is 37.1 Å². The van der Waals surface area contributed by atoms with Crippen molar-refractivity contribution in [3.63, 3.8) is 0 Å². The SMILES string of the molecule is COc1cc2c(=O)c(-c3ccc(O)cc3)coc2cc1O[C@@H]1OC(COC(=O)CC(=O)O)[C@@H](O)[C@@H](O)C1O. The lowest BCUT2D eigenvalue weighted by molar-refractivity contribution is -0.278. The number of fused-ring (bicyclic) bond motifs is 1. The van der Waals surface area contributed by atoms with Crippen LogP contribution in [0.3, 0.4) is 0 Å². The van der Waals surface area contributed by atoms with E-state index in [1.54, 1.807) is 12.1 Å². The quantitative estimate of drug-likeness (QED) is 0.197. The minimum Gasteiger partial charge on any atom is -0.508 e. The Hall–Kier alpha value is -4.17. The topological polar surface area (TPSA) is 202 Å². The van der Waals surface area contributed by atoms with Gasteiger partial charge in [-0.3, -0.25) is 14.4 Å². The predicted octanol–water partition coefficient (Wildman–Crippen LogP) is 0.378. The molecule has 13 nitrogen and oxygen atoms in total. The molecule has 0 radical (unpaired) electrons. The fourth-order valence-corrected chi connectivity index (χ4v) is 3.86. The van der Waals surface area contributed by atoms with Gasteiger partial charge in [-0.15, -0.1) is 0 Å². The highest BCUT2D eigenvalue weighted by Gasteiger charge is 2.45. The van der Waals surface area contributed by atoms with Gasteiger partial charge in [0, 0.05) is 6.07 Å². The molecule has 202 valence electrons. The number of aliphatic carboxylic acids is 1. The lowest BCUT2D eigenvalue weighted by Gasteiger charge is -2.40. The normalized spacial score (nSPS) is 23.1. The van der Waals surface area contributed by atoms with E-state index in [0.29, 0.717) is 5.56 Å². The number of ether oxygens (including phenoxy) is 4. The molecule has 1 fully saturated rings. The van der Waals surface area contributed by atoms with Crippen LogP contribution < -0.4 is 14.9 Å². The first-order valence-electron chi connectivity index (χ1n) is 11.3. The number of aliphatic hydroxyl groups excluding tert-OH is 3. The van der Waals surface area contributed by atoms with E-state index in [2.05, 4.69) is 0 Å². The number of phenolic OH excluding ortho intramolecular Hbond substituents is 1. The summed E-state index contributed by atoms with van der Waals surface area (Å²) in [4.78, 5) is 35.3. The first kappa shape index (κ1) is 26.9. The van der Waals surface area contributed by atoms with E-state index < -0.39 is 61.1 Å². The van der Waals surface area contributed by atoms with Gasteiger partial charge in [0.05, 0.1) is 18.1 Å². The fraction of sp³-hybridized carbons (Fsp3) is 0.320. The van der Waals surface area contributed by atoms with Gasteiger partial charge in [0.2, 0.25) is 11.7 Å². The highest BCUT2D eigenvalue weighted by Crippen LogP contribution is 2.35. The van der Waals surface area contributed by atoms with Crippen molar-refractivity contribution in [1.29, 1.82) is 0 Å². The first-order valence-corrected chi connectivity index (χ1v) is 11.3. The summed E-state index contributed by atoms with van der Waals surface area (Å²) in [6.07, 6.45) is -7.84. The maximum atomic E-state index is 13.1. The van der Waals surface area contributed by atoms with Gasteiger partial charge in [-0.05, 0) is 23.8 Å². The molecule has 4 rings (SSSR count). The van der Waals surface area contributed by atoms with Crippen LogP contribution in [0.25, 0.3) is 22.1 Å². The lowest BCUT2D eigenvalue weighted by atomic mass is 9.99. The molecule has 38 heavy (non-hydrogen) atoms. The first-order chi connectivity index (χ1) is 18.1. The summed E-state index contributed by atoms with van der Waals surface area (Å²) < 4.78 is 26.9. The van der Waals surface area contributed by atoms with E-state index >= 15 is 0 Å². The van der Waals surface area contributed by atoms with Gasteiger partial charge in [-0.1, -0.05) is 12.1 Å². The summed E-state index contributed by atoms with van der Waals surface area (Å²) in [6.45, 7) is -0.624. The van der Waals surface area contributed by atoms with Gasteiger partial charge in [0.25, 0.3) is 0 Å². The Kier molecular flexibility index (Phi) is 7.83. The Labute approximate surface area is 214 Å². The van der Waals surface area contributed by atoms with Crippen molar-refractivity contribution < 1.29 is 58.5 Å². The van der Waals surface area contributed by atoms with Gasteiger partial charge >= 0.3 is 11.9 Å². The van der Waals surface area contributed by atoms with Crippen molar-refractivity contribution in [3.05, 3.63) is 52.9 Å². The van der Waals surface area contributed by atoms with Crippen LogP contribution in [0.2, 0.25) is 0 Å². The second-order valence-electron chi connectivity index (χ2n) is 8.41. The van der Waals surface area contributed by atoms with Crippen LogP contribution in [0.15, 0.2) is 51.9 Å². The molecule has 0 bridgehead atoms. The fourth-order valence-electron chi connectivity index (χ4n) is 3.86. The van der Waals surface area contributed by atoms with Crippen molar-refractivity contribution >= 4 is 22.9 Å². The minimum atomic E-state index is -1.77. The summed E-state index contributed by atoms with van der Waals surface area (Å²) in [5.41, 5.74) is 0.451. The standard InChI is InChI=1S/C25H24O13/c1-34-16-6-13-15(35-9-14(21(13)30)11-2-4-12(26)5-3-11)7-17(16)37-25-24(33)23(32)22(31)18(38-25)10-36-20(29)8-19(27)28/h2-7,9,18,22-26,31-33H,8,10H2,1H3,(H,27,28)/t18?,22-,23-,24?,25-/m1/s1. The number of carbonyl (C=O) groups excluding carboxylic acids is 1. The molecule has 1 saturated heterocycles. The predicted molar refractivity (Wildman–Crippen MR) is 127 cm³/mol. The molecule has 1 aliphatic rings. The summed E-state index contributed by atoms with van der Waals surface area (Å²) in [5.74, 6) is -2.47. The number of benzene rings is 2. The third kappa shape index (κ3) is 5.55. The molecule has 13 heteroatoms. The van der Waals surface area contributed by atoms with Crippen molar-refractivity contribution in [1.82, 2.24) is 0 Å². The largest absolute Gasteiger partial charge is 0.508 e. The van der Waals surface area contributed by atoms with Gasteiger partial charge < -0.3 is 48.9 Å². The van der Waals surface area contributed by atoms with E-state index in [4.69, 9.17) is 28.5 Å². The Morgan fingerprint density at radius 3 is 2.37 bits per heavy atom. The Bertz CT molecular complexity index is 1380. The van der Waals surface area contributed by atoms with Crippen LogP contribution in [0.4, 0.5) is 0 Å². The van der Waals surface area contributed by atoms with E-state index in [0.717, 1.165) is 0 Å². The number of phenols is 1. The lowest BCUT2D eigenvalue weighted by Crippen LogP contribution is -2.60. The molecule has 0 amide bonds. The highest BCUT2D eigenvalue weighted by molar-refractivity contribution is 5.90. The second-order valence-corrected chi connectivity index (χ2v) is 8.41. The molecule has 1 aromatic heterocycles. The average Bonchev–Trinajstić information content (AvgIpc) is 2.88. The number of aliphatic hydroxyl groups is 3. The van der Waals surface area contributed by atoms with Crippen LogP contribution in [0, 0.1) is 0 Å². The number of carboxylic acids is 1. The zero-order valence-electron chi connectivity index (χ0n) is 19.8. The summed E-state index contributed by atoms with van der Waals surface area (Å²) in [6, 6.07) is 8.63. The summed E-state index contributed by atoms with van der Waals surface area (Å²) in [7, 11) is 1.31. The maximum absolute atomic E-state index is 13.1. The smallest absolute Gasteiger partial charge is 0.317 e. The number of carboxylic acid groups (broad SMARTS) is 1. The molecule has 2 heterocycles. The van der Waals surface area contributed by atoms with Gasteiger partial charge in [0.1, 0.15) is 55.0 Å². The number of rotatable bonds is 8. The highest BCUT2D eigenvalue weighted by atomic mass is 16.7. The Balaban J connectivity index is 1.59. The molecular formula is C25H24O13. The monoisotopic (exact) mass is 532 g/mol. The number of hydrogen-bond donors (Lipinski definition) is 5. The molecule has 0 spiro atoms. The molecular weight excluding hydrogens is 508 g/mol. The van der Waals surface area contributed by atoms with Gasteiger partial charge in [-0.2, -0.15) is 0 Å². The minimum absolute atomic E-state index is 0.0350. The zero-order valence-corrected chi connectivity index (χ0v) is 19.8. The Morgan fingerprint density at radius 2 is 1.71 bits per heavy atom. The molecule has 0 aliphatic carbocycles. The van der Waals surface area contributed by atoms with Crippen LogP contribution in [-0.4, -0.2) is 81.9 Å². The molecule has 2 unspecified atom stereocenters. The second kappa shape index (κ2) is 11.1. The molecule has 1 aliphatic heterocycles. The number of hydrogen-bond acceptors (Lipinski definition) is 12. The Morgan fingerprint density at radius 1 is 1.00 bits per heavy atom. The van der Waals surface area contributed by atoms with Gasteiger partial charge in [-0.25, -0.2) is 0 Å². The van der Waals surface area contributed by atoms with E-state index in [9.17, 15) is 34.8 Å². The van der Waals surface area contributed by atoms with Gasteiger partial charge in [0.15, 0.2) is 11.5 Å². The molecule has 5 N–H and O–H groups in total. The zero-order chi connectivity index (χ0) is 27.6. The third-order valence-corrected chi connectivity index (χ3v) is 5.85. The van der Waals surface area contributed by atoms with Crippen molar-refractivity contribution in [3.8, 4) is 28.4 Å². The summed E-state index contributed by atoms with van der Waals surface area (Å²) >= 11 is 0. The third-order valence-electron chi connectivity index (χ3n) is 5.85. The van der Waals surface area contributed by atoms with E-state index in [1.165, 1.54) is 37.6 Å². The number of aromatic hydroxyl groups is 1. The van der Waals surface area contributed by atoms with Crippen LogP contribution in [0.1, 0.15) is 6.42 Å². The molecule has 0 saturated carbocycles. The average molecular weight is 532 g/mol.